The zero-order valence-corrected chi connectivity index (χ0v) is 21.8. The van der Waals surface area contributed by atoms with Crippen molar-refractivity contribution < 1.29 is 29.3 Å². The van der Waals surface area contributed by atoms with E-state index in [-0.39, 0.29) is 52.0 Å². The van der Waals surface area contributed by atoms with Gasteiger partial charge in [-0.2, -0.15) is 0 Å². The van der Waals surface area contributed by atoms with Crippen LogP contribution in [0.15, 0.2) is 0 Å². The quantitative estimate of drug-likeness (QED) is 0.583. The number of cyclic esters (lactones) is 1. The Bertz CT molecular complexity index is 869. The summed E-state index contributed by atoms with van der Waals surface area (Å²) >= 11 is 0. The number of esters is 2. The molecule has 5 rings (SSSR count). The first kappa shape index (κ1) is 24.5. The molecule has 0 amide bonds. The second kappa shape index (κ2) is 7.68. The molecule has 1 heterocycles. The first-order chi connectivity index (χ1) is 15.8. The number of ether oxygens (including phenoxy) is 2. The van der Waals surface area contributed by atoms with E-state index in [1.54, 1.807) is 0 Å². The fraction of sp³-hybridized carbons (Fsp3) is 0.929. The molecule has 0 aromatic rings. The third-order valence-electron chi connectivity index (χ3n) is 11.9. The molecule has 5 aliphatic rings. The smallest absolute Gasteiger partial charge is 0.310 e. The maximum atomic E-state index is 13.1. The van der Waals surface area contributed by atoms with Gasteiger partial charge < -0.3 is 19.7 Å². The van der Waals surface area contributed by atoms with E-state index in [0.717, 1.165) is 25.7 Å². The van der Waals surface area contributed by atoms with Gasteiger partial charge in [0.15, 0.2) is 0 Å². The van der Waals surface area contributed by atoms with Gasteiger partial charge in [0.05, 0.1) is 24.7 Å². The normalized spacial score (nSPS) is 53.6. The summed E-state index contributed by atoms with van der Waals surface area (Å²) in [4.78, 5) is 25.1. The second-order valence-electron chi connectivity index (χ2n) is 13.7. The molecule has 0 radical (unpaired) electrons. The summed E-state index contributed by atoms with van der Waals surface area (Å²) in [7, 11) is 0. The van der Waals surface area contributed by atoms with E-state index in [0.29, 0.717) is 25.4 Å². The number of hydrogen-bond donors (Lipinski definition) is 2. The first-order valence-corrected chi connectivity index (χ1v) is 13.5. The minimum absolute atomic E-state index is 0.00282. The average Bonchev–Trinajstić information content (AvgIpc) is 3.05. The molecule has 2 N–H and O–H groups in total. The molecule has 1 saturated heterocycles. The van der Waals surface area contributed by atoms with Crippen molar-refractivity contribution >= 4 is 11.9 Å². The minimum atomic E-state index is -0.661. The molecule has 0 aromatic carbocycles. The Kier molecular flexibility index (Phi) is 5.54. The van der Waals surface area contributed by atoms with Gasteiger partial charge >= 0.3 is 11.9 Å². The Morgan fingerprint density at radius 1 is 1.06 bits per heavy atom. The average molecular weight is 477 g/mol. The summed E-state index contributed by atoms with van der Waals surface area (Å²) in [6.07, 6.45) is 4.91. The summed E-state index contributed by atoms with van der Waals surface area (Å²) in [6, 6.07) is 0. The Labute approximate surface area is 204 Å². The SMILES string of the molecule is CC(=O)OC[C@]12CCCC(C)(C)[C@@H]1CC[C@]1(C)[C@@H]2C[C@@H](O)[C@]2(C)[C@H]3C(=O)OC(C)C3[C@@H](O)C[C@@H]12. The van der Waals surface area contributed by atoms with Gasteiger partial charge in [0.25, 0.3) is 0 Å². The number of aliphatic hydroxyl groups excluding tert-OH is 2. The highest BCUT2D eigenvalue weighted by Crippen LogP contribution is 2.74. The van der Waals surface area contributed by atoms with E-state index >= 15 is 0 Å². The van der Waals surface area contributed by atoms with Crippen LogP contribution in [0.3, 0.4) is 0 Å². The van der Waals surface area contributed by atoms with Crippen molar-refractivity contribution in [2.75, 3.05) is 6.61 Å². The largest absolute Gasteiger partial charge is 0.465 e. The monoisotopic (exact) mass is 476 g/mol. The predicted molar refractivity (Wildman–Crippen MR) is 126 cm³/mol. The lowest BCUT2D eigenvalue weighted by Gasteiger charge is -2.71. The van der Waals surface area contributed by atoms with Crippen molar-refractivity contribution in [3.05, 3.63) is 0 Å². The van der Waals surface area contributed by atoms with Gasteiger partial charge in [-0.25, -0.2) is 0 Å². The highest BCUT2D eigenvalue weighted by atomic mass is 16.6. The van der Waals surface area contributed by atoms with Crippen molar-refractivity contribution in [1.82, 2.24) is 0 Å². The number of fused-ring (bicyclic) bond motifs is 7. The standard InChI is InChI=1S/C28H44O6/c1-15-22-17(30)12-19-26(5)11-8-18-25(3,4)9-7-10-28(18,14-33-16(2)29)20(26)13-21(31)27(19,6)23(22)24(32)34-15/h15,17-23,30-31H,7-14H2,1-6H3/t15?,17-,18-,19-,20-,21+,22?,23+,26-,27+,28+/m0/s1. The van der Waals surface area contributed by atoms with Gasteiger partial charge in [0.2, 0.25) is 0 Å². The Balaban J connectivity index is 1.61. The van der Waals surface area contributed by atoms with Crippen LogP contribution in [-0.4, -0.2) is 47.1 Å². The van der Waals surface area contributed by atoms with Gasteiger partial charge in [-0.05, 0) is 74.0 Å². The summed E-state index contributed by atoms with van der Waals surface area (Å²) in [5.41, 5.74) is -0.825. The van der Waals surface area contributed by atoms with Crippen molar-refractivity contribution in [3.63, 3.8) is 0 Å². The number of aliphatic hydroxyl groups is 2. The lowest BCUT2D eigenvalue weighted by Crippen LogP contribution is -2.70. The van der Waals surface area contributed by atoms with E-state index in [1.807, 2.05) is 6.92 Å². The maximum absolute atomic E-state index is 13.1. The predicted octanol–water partition coefficient (Wildman–Crippen LogP) is 4.11. The highest BCUT2D eigenvalue weighted by Gasteiger charge is 2.73. The van der Waals surface area contributed by atoms with Crippen LogP contribution in [0, 0.1) is 51.2 Å². The lowest BCUT2D eigenvalue weighted by atomic mass is 9.33. The molecule has 6 heteroatoms. The molecule has 0 spiro atoms. The van der Waals surface area contributed by atoms with Crippen LogP contribution in [0.1, 0.15) is 86.5 Å². The highest BCUT2D eigenvalue weighted by molar-refractivity contribution is 5.77. The molecule has 11 atom stereocenters. The third kappa shape index (κ3) is 3.06. The van der Waals surface area contributed by atoms with E-state index in [4.69, 9.17) is 9.47 Å². The van der Waals surface area contributed by atoms with E-state index in [1.165, 1.54) is 13.3 Å². The molecule has 6 nitrogen and oxygen atoms in total. The topological polar surface area (TPSA) is 93.1 Å². The van der Waals surface area contributed by atoms with Gasteiger partial charge in [0, 0.05) is 23.7 Å². The Morgan fingerprint density at radius 3 is 2.44 bits per heavy atom. The summed E-state index contributed by atoms with van der Waals surface area (Å²) in [5, 5.41) is 23.2. The summed E-state index contributed by atoms with van der Waals surface area (Å²) in [6.45, 7) is 12.9. The third-order valence-corrected chi connectivity index (χ3v) is 11.9. The number of hydrogen-bond acceptors (Lipinski definition) is 6. The molecular weight excluding hydrogens is 432 g/mol. The zero-order chi connectivity index (χ0) is 24.8. The molecule has 1 aliphatic heterocycles. The molecule has 4 saturated carbocycles. The van der Waals surface area contributed by atoms with Crippen LogP contribution in [0.4, 0.5) is 0 Å². The minimum Gasteiger partial charge on any atom is -0.465 e. The van der Waals surface area contributed by atoms with Crippen molar-refractivity contribution in [1.29, 1.82) is 0 Å². The molecule has 34 heavy (non-hydrogen) atoms. The van der Waals surface area contributed by atoms with E-state index < -0.39 is 23.5 Å². The van der Waals surface area contributed by atoms with Gasteiger partial charge in [-0.3, -0.25) is 9.59 Å². The summed E-state index contributed by atoms with van der Waals surface area (Å²) in [5.74, 6) is -0.652. The van der Waals surface area contributed by atoms with Gasteiger partial charge in [-0.1, -0.05) is 34.1 Å². The number of carbonyl (C=O) groups is 2. The van der Waals surface area contributed by atoms with Crippen LogP contribution < -0.4 is 0 Å². The van der Waals surface area contributed by atoms with E-state index in [9.17, 15) is 19.8 Å². The van der Waals surface area contributed by atoms with Crippen molar-refractivity contribution in [2.45, 2.75) is 105 Å². The van der Waals surface area contributed by atoms with Crippen LogP contribution in [0.25, 0.3) is 0 Å². The van der Waals surface area contributed by atoms with E-state index in [2.05, 4.69) is 27.7 Å². The fourth-order valence-electron chi connectivity index (χ4n) is 10.5. The van der Waals surface area contributed by atoms with Crippen LogP contribution in [0.5, 0.6) is 0 Å². The first-order valence-electron chi connectivity index (χ1n) is 13.5. The van der Waals surface area contributed by atoms with Crippen LogP contribution in [-0.2, 0) is 19.1 Å². The number of carbonyl (C=O) groups excluding carboxylic acids is 2. The summed E-state index contributed by atoms with van der Waals surface area (Å²) < 4.78 is 11.4. The molecular formula is C28H44O6. The van der Waals surface area contributed by atoms with Crippen LogP contribution >= 0.6 is 0 Å². The van der Waals surface area contributed by atoms with Crippen LogP contribution in [0.2, 0.25) is 0 Å². The molecule has 2 unspecified atom stereocenters. The Hall–Kier alpha value is -1.14. The van der Waals surface area contributed by atoms with Gasteiger partial charge in [-0.15, -0.1) is 0 Å². The molecule has 0 aromatic heterocycles. The maximum Gasteiger partial charge on any atom is 0.310 e. The fourth-order valence-corrected chi connectivity index (χ4v) is 10.5. The zero-order valence-electron chi connectivity index (χ0n) is 21.8. The number of rotatable bonds is 2. The molecule has 0 bridgehead atoms. The van der Waals surface area contributed by atoms with Gasteiger partial charge in [0.1, 0.15) is 6.10 Å². The molecule has 5 fully saturated rings. The molecule has 192 valence electrons. The van der Waals surface area contributed by atoms with Crippen molar-refractivity contribution in [2.24, 2.45) is 51.2 Å². The lowest BCUT2D eigenvalue weighted by molar-refractivity contribution is -0.268. The second-order valence-corrected chi connectivity index (χ2v) is 13.7. The Morgan fingerprint density at radius 2 is 1.76 bits per heavy atom. The van der Waals surface area contributed by atoms with Crippen molar-refractivity contribution in [3.8, 4) is 0 Å². The molecule has 4 aliphatic carbocycles.